The number of nitrogens with zero attached hydrogens (tertiary/aromatic N) is 1. The molecular weight excluding hydrogens is 402 g/mol. The Morgan fingerprint density at radius 2 is 1.81 bits per heavy atom. The number of carbonyl (C=O) groups excluding carboxylic acids is 3. The molecule has 1 N–H and O–H groups in total. The van der Waals surface area contributed by atoms with Gasteiger partial charge in [0.25, 0.3) is 0 Å². The first-order valence-electron chi connectivity index (χ1n) is 10.7. The van der Waals surface area contributed by atoms with Gasteiger partial charge in [0.2, 0.25) is 0 Å². The Kier molecular flexibility index (Phi) is 13.4. The molecule has 31 heavy (non-hydrogen) atoms. The first kappa shape index (κ1) is 28.6. The topological polar surface area (TPSA) is 123 Å². The number of esters is 2. The van der Waals surface area contributed by atoms with Crippen molar-refractivity contribution in [3.63, 3.8) is 0 Å². The van der Waals surface area contributed by atoms with E-state index in [1.165, 1.54) is 7.11 Å². The molecule has 0 rings (SSSR count). The van der Waals surface area contributed by atoms with E-state index in [-0.39, 0.29) is 49.6 Å². The van der Waals surface area contributed by atoms with Crippen molar-refractivity contribution in [1.29, 1.82) is 5.26 Å². The van der Waals surface area contributed by atoms with E-state index in [0.29, 0.717) is 6.61 Å². The van der Waals surface area contributed by atoms with Crippen LogP contribution in [0.3, 0.4) is 0 Å². The van der Waals surface area contributed by atoms with Crippen molar-refractivity contribution in [2.45, 2.75) is 72.6 Å². The molecule has 0 aromatic rings. The lowest BCUT2D eigenvalue weighted by atomic mass is 9.74. The number of hydrogen-bond donors (Lipinski definition) is 1. The molecule has 0 aromatic heterocycles. The van der Waals surface area contributed by atoms with Gasteiger partial charge in [-0.1, -0.05) is 33.8 Å². The number of nitriles is 1. The fourth-order valence-corrected chi connectivity index (χ4v) is 3.57. The molecule has 0 aliphatic carbocycles. The third-order valence-electron chi connectivity index (χ3n) is 5.37. The van der Waals surface area contributed by atoms with Gasteiger partial charge in [0, 0.05) is 18.8 Å². The molecular formula is C23H37NO7. The fourth-order valence-electron chi connectivity index (χ4n) is 3.57. The third kappa shape index (κ3) is 10.5. The quantitative estimate of drug-likeness (QED) is 0.123. The van der Waals surface area contributed by atoms with E-state index in [1.54, 1.807) is 20.8 Å². The second-order valence-electron chi connectivity index (χ2n) is 8.31. The number of allylic oxidation sites excluding steroid dienone is 1. The average molecular weight is 440 g/mol. The van der Waals surface area contributed by atoms with Gasteiger partial charge < -0.3 is 14.4 Å². The second kappa shape index (κ2) is 14.6. The van der Waals surface area contributed by atoms with Crippen LogP contribution >= 0.6 is 0 Å². The van der Waals surface area contributed by atoms with Crippen LogP contribution in [0.4, 0.5) is 0 Å². The minimum Gasteiger partial charge on any atom is -0.469 e. The minimum absolute atomic E-state index is 0.0136. The summed E-state index contributed by atoms with van der Waals surface area (Å²) in [7, 11) is 1.26. The highest BCUT2D eigenvalue weighted by atomic mass is 17.1. The first-order valence-corrected chi connectivity index (χ1v) is 10.7. The summed E-state index contributed by atoms with van der Waals surface area (Å²) in [4.78, 5) is 41.4. The van der Waals surface area contributed by atoms with E-state index in [2.05, 4.69) is 17.5 Å². The molecule has 8 heteroatoms. The Morgan fingerprint density at radius 1 is 1.16 bits per heavy atom. The van der Waals surface area contributed by atoms with E-state index >= 15 is 0 Å². The van der Waals surface area contributed by atoms with Gasteiger partial charge in [-0.3, -0.25) is 14.4 Å². The van der Waals surface area contributed by atoms with Crippen molar-refractivity contribution >= 4 is 17.7 Å². The molecule has 0 spiro atoms. The molecule has 4 atom stereocenters. The summed E-state index contributed by atoms with van der Waals surface area (Å²) >= 11 is 0. The molecule has 8 nitrogen and oxygen atoms in total. The van der Waals surface area contributed by atoms with Crippen LogP contribution in [0.5, 0.6) is 0 Å². The summed E-state index contributed by atoms with van der Waals surface area (Å²) in [5, 5.41) is 18.4. The number of carbonyl (C=O) groups is 3. The number of Topliss-reactive ketones (excluding diaryl/α,β-unsaturated/α-hetero) is 1. The smallest absolute Gasteiger partial charge is 0.308 e. The lowest BCUT2D eigenvalue weighted by Gasteiger charge is -2.29. The Labute approximate surface area is 185 Å². The summed E-state index contributed by atoms with van der Waals surface area (Å²) in [5.41, 5.74) is -1.03. The molecule has 0 saturated carbocycles. The summed E-state index contributed by atoms with van der Waals surface area (Å²) < 4.78 is 10.1. The lowest BCUT2D eigenvalue weighted by Crippen LogP contribution is -2.31. The minimum atomic E-state index is -1.03. The number of methoxy groups -OCH3 is 1. The third-order valence-corrected chi connectivity index (χ3v) is 5.37. The largest absolute Gasteiger partial charge is 0.469 e. The van der Waals surface area contributed by atoms with Crippen LogP contribution in [-0.2, 0) is 28.7 Å². The van der Waals surface area contributed by atoms with Gasteiger partial charge in [0.05, 0.1) is 37.0 Å². The summed E-state index contributed by atoms with van der Waals surface area (Å²) in [6, 6.07) is 2.16. The monoisotopic (exact) mass is 439 g/mol. The highest BCUT2D eigenvalue weighted by Crippen LogP contribution is 2.36. The summed E-state index contributed by atoms with van der Waals surface area (Å²) in [5.74, 6) is -2.82. The lowest BCUT2D eigenvalue weighted by molar-refractivity contribution is -0.207. The van der Waals surface area contributed by atoms with Gasteiger partial charge in [-0.25, -0.2) is 5.26 Å². The molecule has 0 saturated heterocycles. The summed E-state index contributed by atoms with van der Waals surface area (Å²) in [6.07, 6.45) is 2.43. The molecule has 0 amide bonds. The van der Waals surface area contributed by atoms with Gasteiger partial charge in [0.1, 0.15) is 11.5 Å². The fraction of sp³-hybridized carbons (Fsp3) is 0.739. The van der Waals surface area contributed by atoms with Gasteiger partial charge in [0.15, 0.2) is 0 Å². The molecule has 176 valence electrons. The maximum atomic E-state index is 12.6. The number of ketones is 1. The number of unbranched alkanes of at least 4 members (excludes halogenated alkanes) is 1. The first-order chi connectivity index (χ1) is 14.6. The molecule has 0 radical (unpaired) electrons. The zero-order valence-corrected chi connectivity index (χ0v) is 19.4. The zero-order chi connectivity index (χ0) is 24.0. The van der Waals surface area contributed by atoms with Crippen LogP contribution < -0.4 is 0 Å². The normalized spacial score (nSPS) is 15.5. The Bertz CT molecular complexity index is 655. The predicted octanol–water partition coefficient (Wildman–Crippen LogP) is 4.44. The van der Waals surface area contributed by atoms with Crippen molar-refractivity contribution < 1.29 is 34.0 Å². The molecule has 0 heterocycles. The van der Waals surface area contributed by atoms with Crippen molar-refractivity contribution in [1.82, 2.24) is 0 Å². The van der Waals surface area contributed by atoms with E-state index in [1.807, 2.05) is 6.92 Å². The highest BCUT2D eigenvalue weighted by Gasteiger charge is 2.36. The van der Waals surface area contributed by atoms with Crippen LogP contribution in [-0.4, -0.2) is 36.7 Å². The SMILES string of the molecule is C=C(CC(C)(C#N)CC(CC(CC(C)C(=O)OCCCC)C(=O)OC)C(=O)CC)OO. The number of hydrogen-bond acceptors (Lipinski definition) is 8. The number of ether oxygens (including phenoxy) is 2. The molecule has 4 unspecified atom stereocenters. The Balaban J connectivity index is 5.49. The maximum Gasteiger partial charge on any atom is 0.308 e. The van der Waals surface area contributed by atoms with Crippen LogP contribution in [0.2, 0.25) is 0 Å². The standard InChI is InChI=1S/C23H37NO7/c1-7-9-10-30-21(26)16(3)11-18(22(27)29-6)12-19(20(25)8-2)14-23(5,15-24)13-17(4)31-28/h16,18-19,28H,4,7-14H2,1-3,5-6H3. The van der Waals surface area contributed by atoms with E-state index < -0.39 is 29.1 Å². The van der Waals surface area contributed by atoms with E-state index in [9.17, 15) is 19.6 Å². The maximum absolute atomic E-state index is 12.6. The Hall–Kier alpha value is -2.40. The van der Waals surface area contributed by atoms with Crippen LogP contribution in [0.25, 0.3) is 0 Å². The summed E-state index contributed by atoms with van der Waals surface area (Å²) in [6.45, 7) is 10.9. The number of rotatable bonds is 16. The van der Waals surface area contributed by atoms with Crippen LogP contribution in [0.1, 0.15) is 72.6 Å². The van der Waals surface area contributed by atoms with Crippen molar-refractivity contribution in [2.75, 3.05) is 13.7 Å². The van der Waals surface area contributed by atoms with Crippen molar-refractivity contribution in [3.05, 3.63) is 12.3 Å². The van der Waals surface area contributed by atoms with Gasteiger partial charge in [-0.15, -0.1) is 0 Å². The molecule has 0 aromatic carbocycles. The van der Waals surface area contributed by atoms with Crippen molar-refractivity contribution in [2.24, 2.45) is 23.2 Å². The molecule has 0 bridgehead atoms. The van der Waals surface area contributed by atoms with Gasteiger partial charge in [-0.05, 0) is 32.6 Å². The van der Waals surface area contributed by atoms with Crippen LogP contribution in [0.15, 0.2) is 12.3 Å². The zero-order valence-electron chi connectivity index (χ0n) is 19.4. The van der Waals surface area contributed by atoms with Crippen LogP contribution in [0, 0.1) is 34.5 Å². The van der Waals surface area contributed by atoms with E-state index in [4.69, 9.17) is 14.7 Å². The van der Waals surface area contributed by atoms with Gasteiger partial charge in [-0.2, -0.15) is 5.26 Å². The molecule has 0 aliphatic heterocycles. The molecule has 0 fully saturated rings. The van der Waals surface area contributed by atoms with Gasteiger partial charge >= 0.3 is 11.9 Å². The van der Waals surface area contributed by atoms with Crippen molar-refractivity contribution in [3.8, 4) is 6.07 Å². The highest BCUT2D eigenvalue weighted by molar-refractivity contribution is 5.82. The predicted molar refractivity (Wildman–Crippen MR) is 114 cm³/mol. The van der Waals surface area contributed by atoms with E-state index in [0.717, 1.165) is 12.8 Å². The Morgan fingerprint density at radius 3 is 2.29 bits per heavy atom. The average Bonchev–Trinajstić information content (AvgIpc) is 2.76. The second-order valence-corrected chi connectivity index (χ2v) is 8.31. The molecule has 0 aliphatic rings.